The van der Waals surface area contributed by atoms with Crippen molar-refractivity contribution >= 4 is 16.9 Å². The highest BCUT2D eigenvalue weighted by atomic mass is 19.1. The van der Waals surface area contributed by atoms with E-state index in [1.54, 1.807) is 23.9 Å². The third-order valence-electron chi connectivity index (χ3n) is 3.76. The summed E-state index contributed by atoms with van der Waals surface area (Å²) in [7, 11) is 3.14. The lowest BCUT2D eigenvalue weighted by Crippen LogP contribution is -2.25. The molecule has 2 heterocycles. The number of hydrogen-bond donors (Lipinski definition) is 1. The Morgan fingerprint density at radius 1 is 1.14 bits per heavy atom. The molecule has 0 aliphatic heterocycles. The molecule has 0 fully saturated rings. The maximum absolute atomic E-state index is 13.1. The molecule has 0 atom stereocenters. The second kappa shape index (κ2) is 4.84. The highest BCUT2D eigenvalue weighted by Crippen LogP contribution is 2.31. The number of pyridine rings is 1. The summed E-state index contributed by atoms with van der Waals surface area (Å²) in [5, 5.41) is 10.0. The quantitative estimate of drug-likeness (QED) is 0.790. The predicted molar refractivity (Wildman–Crippen MR) is 80.5 cm³/mol. The van der Waals surface area contributed by atoms with E-state index in [0.717, 1.165) is 4.57 Å². The van der Waals surface area contributed by atoms with Crippen molar-refractivity contribution < 1.29 is 14.3 Å². The molecule has 0 spiro atoms. The van der Waals surface area contributed by atoms with Gasteiger partial charge in [-0.05, 0) is 23.8 Å². The second-order valence-corrected chi connectivity index (χ2v) is 5.09. The van der Waals surface area contributed by atoms with E-state index >= 15 is 0 Å². The van der Waals surface area contributed by atoms with Crippen LogP contribution in [0.15, 0.2) is 41.3 Å². The molecule has 3 aromatic rings. The first-order chi connectivity index (χ1) is 10.4. The van der Waals surface area contributed by atoms with Gasteiger partial charge >= 0.3 is 5.97 Å². The van der Waals surface area contributed by atoms with Gasteiger partial charge < -0.3 is 14.2 Å². The molecule has 0 saturated heterocycles. The van der Waals surface area contributed by atoms with Crippen LogP contribution >= 0.6 is 0 Å². The molecule has 0 aliphatic rings. The van der Waals surface area contributed by atoms with E-state index in [9.17, 15) is 19.1 Å². The number of fused-ring (bicyclic) bond motifs is 1. The first kappa shape index (κ1) is 14.1. The molecular weight excluding hydrogens is 287 g/mol. The van der Waals surface area contributed by atoms with E-state index in [2.05, 4.69) is 0 Å². The van der Waals surface area contributed by atoms with Crippen molar-refractivity contribution in [2.75, 3.05) is 0 Å². The number of benzene rings is 1. The van der Waals surface area contributed by atoms with Crippen LogP contribution in [0.5, 0.6) is 0 Å². The Bertz CT molecular complexity index is 952. The number of aryl methyl sites for hydroxylation is 1. The van der Waals surface area contributed by atoms with Crippen molar-refractivity contribution in [1.82, 2.24) is 9.13 Å². The largest absolute Gasteiger partial charge is 0.477 e. The topological polar surface area (TPSA) is 64.2 Å². The van der Waals surface area contributed by atoms with Crippen molar-refractivity contribution in [3.05, 3.63) is 58.4 Å². The lowest BCUT2D eigenvalue weighted by molar-refractivity contribution is 0.0686. The number of rotatable bonds is 2. The van der Waals surface area contributed by atoms with Gasteiger partial charge in [0, 0.05) is 31.2 Å². The molecule has 5 nitrogen and oxygen atoms in total. The van der Waals surface area contributed by atoms with Gasteiger partial charge in [0.1, 0.15) is 17.0 Å². The monoisotopic (exact) mass is 300 g/mol. The molecule has 0 aliphatic carbocycles. The fourth-order valence-corrected chi connectivity index (χ4v) is 2.71. The van der Waals surface area contributed by atoms with Crippen LogP contribution in [0.2, 0.25) is 0 Å². The predicted octanol–water partition coefficient (Wildman–Crippen LogP) is 2.38. The molecule has 3 rings (SSSR count). The molecule has 0 bridgehead atoms. The highest BCUT2D eigenvalue weighted by Gasteiger charge is 2.22. The van der Waals surface area contributed by atoms with E-state index < -0.39 is 11.8 Å². The van der Waals surface area contributed by atoms with Crippen LogP contribution in [0.4, 0.5) is 4.39 Å². The van der Waals surface area contributed by atoms with E-state index in [-0.39, 0.29) is 11.3 Å². The molecule has 0 unspecified atom stereocenters. The SMILES string of the molecule is Cn1c(C(=O)O)c(-c2ccc(F)cc2)c2ccn(C)c2c1=O. The van der Waals surface area contributed by atoms with Gasteiger partial charge in [-0.3, -0.25) is 4.79 Å². The zero-order valence-corrected chi connectivity index (χ0v) is 12.0. The second-order valence-electron chi connectivity index (χ2n) is 5.09. The van der Waals surface area contributed by atoms with E-state index in [0.29, 0.717) is 22.0 Å². The van der Waals surface area contributed by atoms with Gasteiger partial charge in [0.05, 0.1) is 0 Å². The van der Waals surface area contributed by atoms with E-state index in [1.165, 1.54) is 31.3 Å². The Labute approximate surface area is 124 Å². The van der Waals surface area contributed by atoms with Crippen LogP contribution in [0.3, 0.4) is 0 Å². The van der Waals surface area contributed by atoms with Crippen molar-refractivity contribution in [3.63, 3.8) is 0 Å². The first-order valence-corrected chi connectivity index (χ1v) is 6.59. The van der Waals surface area contributed by atoms with Crippen LogP contribution in [-0.4, -0.2) is 20.2 Å². The Morgan fingerprint density at radius 3 is 2.36 bits per heavy atom. The molecule has 1 aromatic carbocycles. The molecule has 22 heavy (non-hydrogen) atoms. The number of carboxylic acid groups (broad SMARTS) is 1. The van der Waals surface area contributed by atoms with Gasteiger partial charge in [-0.1, -0.05) is 12.1 Å². The number of aromatic nitrogens is 2. The minimum atomic E-state index is -1.20. The summed E-state index contributed by atoms with van der Waals surface area (Å²) in [6.45, 7) is 0. The number of halogens is 1. The van der Waals surface area contributed by atoms with E-state index in [1.807, 2.05) is 0 Å². The molecule has 112 valence electrons. The summed E-state index contributed by atoms with van der Waals surface area (Å²) in [6.07, 6.45) is 1.70. The standard InChI is InChI=1S/C16H13FN2O3/c1-18-8-7-11-12(9-3-5-10(17)6-4-9)14(16(21)22)19(2)15(20)13(11)18/h3-8H,1-2H3,(H,21,22). The zero-order valence-electron chi connectivity index (χ0n) is 12.0. The van der Waals surface area contributed by atoms with Gasteiger partial charge in [-0.15, -0.1) is 0 Å². The molecule has 1 N–H and O–H groups in total. The van der Waals surface area contributed by atoms with Crippen molar-refractivity contribution in [2.24, 2.45) is 14.1 Å². The molecular formula is C16H13FN2O3. The summed E-state index contributed by atoms with van der Waals surface area (Å²) >= 11 is 0. The van der Waals surface area contributed by atoms with Crippen LogP contribution in [0, 0.1) is 5.82 Å². The lowest BCUT2D eigenvalue weighted by atomic mass is 9.99. The third-order valence-corrected chi connectivity index (χ3v) is 3.76. The smallest absolute Gasteiger partial charge is 0.353 e. The van der Waals surface area contributed by atoms with Gasteiger partial charge in [-0.2, -0.15) is 0 Å². The minimum absolute atomic E-state index is 0.115. The van der Waals surface area contributed by atoms with Crippen LogP contribution in [0.1, 0.15) is 10.5 Å². The number of nitrogens with zero attached hydrogens (tertiary/aromatic N) is 2. The van der Waals surface area contributed by atoms with Gasteiger partial charge in [0.15, 0.2) is 0 Å². The summed E-state index contributed by atoms with van der Waals surface area (Å²) in [4.78, 5) is 24.0. The van der Waals surface area contributed by atoms with Gasteiger partial charge in [-0.25, -0.2) is 9.18 Å². The maximum atomic E-state index is 13.1. The van der Waals surface area contributed by atoms with Crippen molar-refractivity contribution in [1.29, 1.82) is 0 Å². The summed E-state index contributed by atoms with van der Waals surface area (Å²) in [6, 6.07) is 7.24. The van der Waals surface area contributed by atoms with Gasteiger partial charge in [0.2, 0.25) is 0 Å². The van der Waals surface area contributed by atoms with Crippen molar-refractivity contribution in [2.45, 2.75) is 0 Å². The fraction of sp³-hybridized carbons (Fsp3) is 0.125. The average molecular weight is 300 g/mol. The Hall–Kier alpha value is -2.89. The fourth-order valence-electron chi connectivity index (χ4n) is 2.71. The molecule has 0 saturated carbocycles. The molecule has 0 radical (unpaired) electrons. The van der Waals surface area contributed by atoms with Crippen LogP contribution in [0.25, 0.3) is 22.0 Å². The maximum Gasteiger partial charge on any atom is 0.353 e. The molecule has 2 aromatic heterocycles. The number of carbonyl (C=O) groups is 1. The van der Waals surface area contributed by atoms with E-state index in [4.69, 9.17) is 0 Å². The number of carboxylic acids is 1. The lowest BCUT2D eigenvalue weighted by Gasteiger charge is -2.13. The normalized spacial score (nSPS) is 11.0. The van der Waals surface area contributed by atoms with Crippen LogP contribution < -0.4 is 5.56 Å². The Kier molecular flexibility index (Phi) is 3.09. The Balaban J connectivity index is 2.53. The Morgan fingerprint density at radius 2 is 1.77 bits per heavy atom. The third kappa shape index (κ3) is 1.92. The summed E-state index contributed by atoms with van der Waals surface area (Å²) in [5.74, 6) is -1.61. The molecule has 0 amide bonds. The first-order valence-electron chi connectivity index (χ1n) is 6.59. The minimum Gasteiger partial charge on any atom is -0.477 e. The van der Waals surface area contributed by atoms with Crippen LogP contribution in [-0.2, 0) is 14.1 Å². The number of hydrogen-bond acceptors (Lipinski definition) is 2. The zero-order chi connectivity index (χ0) is 16.0. The van der Waals surface area contributed by atoms with Crippen molar-refractivity contribution in [3.8, 4) is 11.1 Å². The highest BCUT2D eigenvalue weighted by molar-refractivity contribution is 6.05. The summed E-state index contributed by atoms with van der Waals surface area (Å²) < 4.78 is 15.9. The number of aromatic carboxylic acids is 1. The van der Waals surface area contributed by atoms with Gasteiger partial charge in [0.25, 0.3) is 5.56 Å². The summed E-state index contributed by atoms with van der Waals surface area (Å²) in [5.41, 5.74) is 0.865. The average Bonchev–Trinajstić information content (AvgIpc) is 2.85. The molecule has 6 heteroatoms.